The van der Waals surface area contributed by atoms with Crippen LogP contribution >= 0.6 is 12.4 Å². The van der Waals surface area contributed by atoms with Crippen molar-refractivity contribution in [2.45, 2.75) is 0 Å². The average Bonchev–Trinajstić information content (AvgIpc) is 3.04. The van der Waals surface area contributed by atoms with Crippen LogP contribution in [0.5, 0.6) is 0 Å². The Kier molecular flexibility index (Phi) is 5.16. The quantitative estimate of drug-likeness (QED) is 0.293. The van der Waals surface area contributed by atoms with Crippen molar-refractivity contribution in [2.75, 3.05) is 5.32 Å². The fourth-order valence-electron chi connectivity index (χ4n) is 1.89. The van der Waals surface area contributed by atoms with Crippen molar-refractivity contribution in [3.63, 3.8) is 0 Å². The van der Waals surface area contributed by atoms with Gasteiger partial charge in [0.25, 0.3) is 0 Å². The number of halogens is 1. The first kappa shape index (κ1) is 16.3. The van der Waals surface area contributed by atoms with E-state index in [0.29, 0.717) is 11.9 Å². The highest BCUT2D eigenvalue weighted by molar-refractivity contribution is 5.97. The van der Waals surface area contributed by atoms with E-state index >= 15 is 0 Å². The molecule has 0 aliphatic carbocycles. The zero-order valence-corrected chi connectivity index (χ0v) is 12.8. The van der Waals surface area contributed by atoms with Crippen molar-refractivity contribution in [3.8, 4) is 11.5 Å². The first-order chi connectivity index (χ1) is 10.8. The normalized spacial score (nSPS) is 10.9. The van der Waals surface area contributed by atoms with Crippen LogP contribution in [0.4, 0.5) is 11.7 Å². The van der Waals surface area contributed by atoms with Crippen molar-refractivity contribution < 1.29 is 4.42 Å². The van der Waals surface area contributed by atoms with E-state index in [1.54, 1.807) is 12.1 Å². The maximum Gasteiger partial charge on any atom is 0.320 e. The zero-order valence-electron chi connectivity index (χ0n) is 12.0. The predicted molar refractivity (Wildman–Crippen MR) is 91.6 cm³/mol. The molecule has 0 unspecified atom stereocenters. The minimum atomic E-state index is 0. The number of aromatic nitrogens is 2. The molecule has 2 aromatic carbocycles. The molecule has 0 amide bonds. The fourth-order valence-corrected chi connectivity index (χ4v) is 1.89. The van der Waals surface area contributed by atoms with E-state index in [2.05, 4.69) is 20.6 Å². The van der Waals surface area contributed by atoms with Gasteiger partial charge in [0.2, 0.25) is 5.89 Å². The summed E-state index contributed by atoms with van der Waals surface area (Å²) < 4.78 is 5.57. The number of nitrogens with zero attached hydrogens (tertiary/aromatic N) is 3. The second kappa shape index (κ2) is 7.28. The van der Waals surface area contributed by atoms with Gasteiger partial charge in [0.1, 0.15) is 5.84 Å². The summed E-state index contributed by atoms with van der Waals surface area (Å²) in [5.41, 5.74) is 8.02. The number of hydrogen-bond acceptors (Lipinski definition) is 6. The van der Waals surface area contributed by atoms with Crippen LogP contribution in [0.25, 0.3) is 11.5 Å². The van der Waals surface area contributed by atoms with Crippen LogP contribution in [0.2, 0.25) is 0 Å². The standard InChI is InChI=1S/C15H14N6O.ClH/c16-13(19-17)10-6-8-12(9-7-10)18-15-21-20-14(22-15)11-4-2-1-3-5-11;/h1-9H,17H2,(H2,16,19)(H,18,21);1H. The van der Waals surface area contributed by atoms with Crippen molar-refractivity contribution in [1.82, 2.24) is 10.2 Å². The molecule has 0 atom stereocenters. The van der Waals surface area contributed by atoms with Gasteiger partial charge in [-0.2, -0.15) is 5.10 Å². The molecule has 0 aliphatic rings. The number of amidine groups is 1. The molecule has 3 aromatic rings. The zero-order chi connectivity index (χ0) is 15.4. The minimum absolute atomic E-state index is 0. The number of hydrazone groups is 1. The highest BCUT2D eigenvalue weighted by Gasteiger charge is 2.08. The average molecular weight is 331 g/mol. The molecule has 1 aromatic heterocycles. The number of nitrogens with two attached hydrogens (primary N) is 2. The number of benzene rings is 2. The number of rotatable bonds is 4. The van der Waals surface area contributed by atoms with E-state index < -0.39 is 0 Å². The first-order valence-corrected chi connectivity index (χ1v) is 6.56. The smallest absolute Gasteiger partial charge is 0.320 e. The second-order valence-corrected chi connectivity index (χ2v) is 4.50. The highest BCUT2D eigenvalue weighted by atomic mass is 35.5. The van der Waals surface area contributed by atoms with Gasteiger partial charge in [-0.05, 0) is 36.4 Å². The lowest BCUT2D eigenvalue weighted by Crippen LogP contribution is -2.15. The summed E-state index contributed by atoms with van der Waals surface area (Å²) in [5, 5.41) is 14.4. The molecule has 0 aliphatic heterocycles. The van der Waals surface area contributed by atoms with Gasteiger partial charge in [-0.25, -0.2) is 0 Å². The Morgan fingerprint density at radius 3 is 2.35 bits per heavy atom. The van der Waals surface area contributed by atoms with E-state index in [-0.39, 0.29) is 18.2 Å². The summed E-state index contributed by atoms with van der Waals surface area (Å²) in [6, 6.07) is 17.1. The molecule has 1 heterocycles. The van der Waals surface area contributed by atoms with Crippen molar-refractivity contribution in [2.24, 2.45) is 16.7 Å². The van der Waals surface area contributed by atoms with E-state index in [0.717, 1.165) is 16.8 Å². The van der Waals surface area contributed by atoms with E-state index in [4.69, 9.17) is 16.0 Å². The fraction of sp³-hybridized carbons (Fsp3) is 0. The van der Waals surface area contributed by atoms with Crippen molar-refractivity contribution in [3.05, 3.63) is 60.2 Å². The van der Waals surface area contributed by atoms with Crippen LogP contribution in [0, 0.1) is 0 Å². The van der Waals surface area contributed by atoms with Gasteiger partial charge in [0.05, 0.1) is 0 Å². The van der Waals surface area contributed by atoms with Crippen LogP contribution in [0.15, 0.2) is 64.1 Å². The lowest BCUT2D eigenvalue weighted by atomic mass is 10.2. The van der Waals surface area contributed by atoms with Crippen LogP contribution in [0.3, 0.4) is 0 Å². The third-order valence-corrected chi connectivity index (χ3v) is 3.02. The Hall–Kier alpha value is -3.06. The molecule has 0 saturated heterocycles. The van der Waals surface area contributed by atoms with Crippen molar-refractivity contribution in [1.29, 1.82) is 0 Å². The minimum Gasteiger partial charge on any atom is -0.403 e. The molecule has 23 heavy (non-hydrogen) atoms. The van der Waals surface area contributed by atoms with Gasteiger partial charge in [-0.15, -0.1) is 17.5 Å². The third-order valence-electron chi connectivity index (χ3n) is 3.02. The number of anilines is 2. The summed E-state index contributed by atoms with van der Waals surface area (Å²) in [6.07, 6.45) is 0. The van der Waals surface area contributed by atoms with Crippen LogP contribution in [-0.2, 0) is 0 Å². The maximum absolute atomic E-state index is 5.63. The molecule has 0 radical (unpaired) electrons. The molecule has 0 spiro atoms. The van der Waals surface area contributed by atoms with Crippen LogP contribution in [-0.4, -0.2) is 16.0 Å². The third kappa shape index (κ3) is 3.78. The topological polar surface area (TPSA) is 115 Å². The van der Waals surface area contributed by atoms with Crippen LogP contribution < -0.4 is 16.9 Å². The number of hydrogen-bond donors (Lipinski definition) is 3. The molecule has 0 saturated carbocycles. The summed E-state index contributed by atoms with van der Waals surface area (Å²) in [7, 11) is 0. The van der Waals surface area contributed by atoms with E-state index in [9.17, 15) is 0 Å². The molecule has 118 valence electrons. The Balaban J connectivity index is 0.00000192. The van der Waals surface area contributed by atoms with Gasteiger partial charge >= 0.3 is 6.01 Å². The van der Waals surface area contributed by atoms with E-state index in [1.807, 2.05) is 42.5 Å². The first-order valence-electron chi connectivity index (χ1n) is 6.56. The summed E-state index contributed by atoms with van der Waals surface area (Å²) in [4.78, 5) is 0. The Bertz CT molecular complexity index is 785. The lowest BCUT2D eigenvalue weighted by Gasteiger charge is -2.03. The Morgan fingerprint density at radius 1 is 1.00 bits per heavy atom. The molecule has 0 fully saturated rings. The van der Waals surface area contributed by atoms with Gasteiger partial charge in [-0.3, -0.25) is 0 Å². The molecule has 3 rings (SSSR count). The molecule has 0 bridgehead atoms. The summed E-state index contributed by atoms with van der Waals surface area (Å²) in [6.45, 7) is 0. The molecule has 7 nitrogen and oxygen atoms in total. The summed E-state index contributed by atoms with van der Waals surface area (Å²) in [5.74, 6) is 5.87. The predicted octanol–water partition coefficient (Wildman–Crippen LogP) is 2.48. The monoisotopic (exact) mass is 330 g/mol. The molecule has 5 N–H and O–H groups in total. The van der Waals surface area contributed by atoms with Gasteiger partial charge < -0.3 is 21.3 Å². The van der Waals surface area contributed by atoms with Gasteiger partial charge in [0.15, 0.2) is 0 Å². The second-order valence-electron chi connectivity index (χ2n) is 4.50. The maximum atomic E-state index is 5.63. The Morgan fingerprint density at radius 2 is 1.70 bits per heavy atom. The van der Waals surface area contributed by atoms with Crippen LogP contribution in [0.1, 0.15) is 5.56 Å². The summed E-state index contributed by atoms with van der Waals surface area (Å²) >= 11 is 0. The molecule has 8 heteroatoms. The van der Waals surface area contributed by atoms with Gasteiger partial charge in [-0.1, -0.05) is 23.3 Å². The van der Waals surface area contributed by atoms with Gasteiger partial charge in [0, 0.05) is 16.8 Å². The number of nitrogens with one attached hydrogen (secondary N) is 1. The lowest BCUT2D eigenvalue weighted by molar-refractivity contribution is 0.587. The molecular formula is C15H15ClN6O. The molecular weight excluding hydrogens is 316 g/mol. The SMILES string of the molecule is Cl.NN=C(N)c1ccc(Nc2nnc(-c3ccccc3)o2)cc1. The largest absolute Gasteiger partial charge is 0.403 e. The van der Waals surface area contributed by atoms with Crippen molar-refractivity contribution >= 4 is 29.9 Å². The highest BCUT2D eigenvalue weighted by Crippen LogP contribution is 2.21. The Labute approximate surface area is 138 Å². The van der Waals surface area contributed by atoms with E-state index in [1.165, 1.54) is 0 Å².